The second-order valence-corrected chi connectivity index (χ2v) is 5.96. The van der Waals surface area contributed by atoms with Crippen molar-refractivity contribution in [1.29, 1.82) is 0 Å². The molecule has 0 bridgehead atoms. The van der Waals surface area contributed by atoms with Gasteiger partial charge in [0, 0.05) is 12.2 Å². The molecule has 1 aromatic heterocycles. The van der Waals surface area contributed by atoms with E-state index in [1.165, 1.54) is 36.7 Å². The van der Waals surface area contributed by atoms with Crippen molar-refractivity contribution in [2.24, 2.45) is 0 Å². The monoisotopic (exact) mass is 310 g/mol. The number of benzene rings is 1. The number of sulfonamides is 1. The van der Waals surface area contributed by atoms with Crippen LogP contribution in [0.3, 0.4) is 0 Å². The van der Waals surface area contributed by atoms with E-state index in [1.807, 2.05) is 6.92 Å². The second-order valence-electron chi connectivity index (χ2n) is 4.28. The molecule has 2 aromatic rings. The van der Waals surface area contributed by atoms with E-state index >= 15 is 0 Å². The molecule has 112 valence electrons. The Bertz CT molecular complexity index is 687. The molecule has 2 N–H and O–H groups in total. The van der Waals surface area contributed by atoms with E-state index in [4.69, 9.17) is 0 Å². The zero-order chi connectivity index (χ0) is 15.3. The molecule has 0 aliphatic rings. The molecular weight excluding hydrogens is 295 g/mol. The van der Waals surface area contributed by atoms with E-state index in [0.717, 1.165) is 6.42 Å². The molecule has 0 spiro atoms. The van der Waals surface area contributed by atoms with Crippen LogP contribution in [0, 0.1) is 5.82 Å². The third-order valence-electron chi connectivity index (χ3n) is 2.57. The van der Waals surface area contributed by atoms with E-state index in [-0.39, 0.29) is 10.6 Å². The number of nitrogens with zero attached hydrogens (tertiary/aromatic N) is 2. The first kappa shape index (κ1) is 15.2. The highest BCUT2D eigenvalue weighted by Crippen LogP contribution is 2.15. The average molecular weight is 310 g/mol. The van der Waals surface area contributed by atoms with Gasteiger partial charge in [-0.3, -0.25) is 4.72 Å². The highest BCUT2D eigenvalue weighted by molar-refractivity contribution is 7.92. The van der Waals surface area contributed by atoms with E-state index < -0.39 is 15.8 Å². The van der Waals surface area contributed by atoms with Crippen LogP contribution in [0.25, 0.3) is 0 Å². The molecule has 8 heteroatoms. The number of hydrogen-bond donors (Lipinski definition) is 2. The van der Waals surface area contributed by atoms with Crippen molar-refractivity contribution in [3.05, 3.63) is 42.5 Å². The fourth-order valence-electron chi connectivity index (χ4n) is 1.52. The Hall–Kier alpha value is -2.22. The predicted octanol–water partition coefficient (Wildman–Crippen LogP) is 2.24. The van der Waals surface area contributed by atoms with Crippen LogP contribution in [0.5, 0.6) is 0 Å². The van der Waals surface area contributed by atoms with E-state index in [1.54, 1.807) is 0 Å². The van der Waals surface area contributed by atoms with Crippen LogP contribution >= 0.6 is 0 Å². The number of aromatic nitrogens is 2. The molecule has 0 fully saturated rings. The molecule has 0 saturated heterocycles. The van der Waals surface area contributed by atoms with Gasteiger partial charge in [-0.05, 0) is 30.7 Å². The van der Waals surface area contributed by atoms with Crippen molar-refractivity contribution in [1.82, 2.24) is 9.97 Å². The van der Waals surface area contributed by atoms with Crippen molar-refractivity contribution >= 4 is 21.7 Å². The van der Waals surface area contributed by atoms with Gasteiger partial charge in [0.15, 0.2) is 0 Å². The third kappa shape index (κ3) is 4.12. The van der Waals surface area contributed by atoms with Crippen molar-refractivity contribution < 1.29 is 12.8 Å². The van der Waals surface area contributed by atoms with Crippen LogP contribution in [0.2, 0.25) is 0 Å². The van der Waals surface area contributed by atoms with Crippen LogP contribution in [0.4, 0.5) is 16.0 Å². The van der Waals surface area contributed by atoms with Crippen LogP contribution in [-0.2, 0) is 10.0 Å². The zero-order valence-corrected chi connectivity index (χ0v) is 12.2. The molecule has 1 heterocycles. The van der Waals surface area contributed by atoms with Gasteiger partial charge in [0.2, 0.25) is 5.95 Å². The number of anilines is 2. The van der Waals surface area contributed by atoms with Gasteiger partial charge in [-0.1, -0.05) is 6.92 Å². The Balaban J connectivity index is 2.13. The summed E-state index contributed by atoms with van der Waals surface area (Å²) in [6, 6.07) is 5.02. The van der Waals surface area contributed by atoms with Crippen molar-refractivity contribution in [3.8, 4) is 0 Å². The lowest BCUT2D eigenvalue weighted by molar-refractivity contribution is 0.600. The van der Waals surface area contributed by atoms with Crippen LogP contribution in [0.15, 0.2) is 41.6 Å². The summed E-state index contributed by atoms with van der Waals surface area (Å²) in [5.74, 6) is -0.0646. The summed E-state index contributed by atoms with van der Waals surface area (Å²) in [6.07, 6.45) is 3.35. The molecule has 0 saturated carbocycles. The van der Waals surface area contributed by atoms with Crippen molar-refractivity contribution in [2.75, 3.05) is 16.6 Å². The minimum atomic E-state index is -3.79. The molecule has 0 aliphatic carbocycles. The Morgan fingerprint density at radius 3 is 2.33 bits per heavy atom. The van der Waals surface area contributed by atoms with E-state index in [9.17, 15) is 12.8 Å². The molecule has 0 amide bonds. The fourth-order valence-corrected chi connectivity index (χ4v) is 2.46. The van der Waals surface area contributed by atoms with Gasteiger partial charge in [0.1, 0.15) is 10.7 Å². The van der Waals surface area contributed by atoms with Crippen LogP contribution in [-0.4, -0.2) is 24.9 Å². The minimum absolute atomic E-state index is 0.0612. The maximum atomic E-state index is 12.8. The van der Waals surface area contributed by atoms with Crippen molar-refractivity contribution in [2.45, 2.75) is 18.2 Å². The maximum absolute atomic E-state index is 12.8. The van der Waals surface area contributed by atoms with Gasteiger partial charge < -0.3 is 5.32 Å². The minimum Gasteiger partial charge on any atom is -0.354 e. The van der Waals surface area contributed by atoms with E-state index in [0.29, 0.717) is 12.5 Å². The van der Waals surface area contributed by atoms with Gasteiger partial charge in [-0.2, -0.15) is 0 Å². The Kier molecular flexibility index (Phi) is 4.69. The fraction of sp³-hybridized carbons (Fsp3) is 0.231. The summed E-state index contributed by atoms with van der Waals surface area (Å²) in [6.45, 7) is 2.71. The zero-order valence-electron chi connectivity index (χ0n) is 11.4. The molecule has 1 aromatic carbocycles. The standard InChI is InChI=1S/C13H15FN4O2S/c1-2-7-15-13-16-8-12(9-17-13)21(19,20)18-11-5-3-10(14)4-6-11/h3-6,8-9,18H,2,7H2,1H3,(H,15,16,17). The van der Waals surface area contributed by atoms with Gasteiger partial charge in [-0.25, -0.2) is 22.8 Å². The molecule has 6 nitrogen and oxygen atoms in total. The summed E-state index contributed by atoms with van der Waals surface area (Å²) < 4.78 is 39.3. The van der Waals surface area contributed by atoms with Gasteiger partial charge >= 0.3 is 0 Å². The summed E-state index contributed by atoms with van der Waals surface area (Å²) in [5.41, 5.74) is 0.268. The number of hydrogen-bond acceptors (Lipinski definition) is 5. The second kappa shape index (κ2) is 6.49. The highest BCUT2D eigenvalue weighted by atomic mass is 32.2. The molecule has 21 heavy (non-hydrogen) atoms. The molecule has 0 aliphatic heterocycles. The first-order chi connectivity index (χ1) is 10.0. The maximum Gasteiger partial charge on any atom is 0.264 e. The lowest BCUT2D eigenvalue weighted by atomic mass is 10.3. The third-order valence-corrected chi connectivity index (χ3v) is 3.90. The molecule has 0 atom stereocenters. The summed E-state index contributed by atoms with van der Waals surface area (Å²) in [7, 11) is -3.79. The summed E-state index contributed by atoms with van der Waals surface area (Å²) in [4.78, 5) is 7.81. The Morgan fingerprint density at radius 1 is 1.14 bits per heavy atom. The number of rotatable bonds is 6. The quantitative estimate of drug-likeness (QED) is 0.855. The van der Waals surface area contributed by atoms with Crippen LogP contribution < -0.4 is 10.0 Å². The molecule has 0 unspecified atom stereocenters. The first-order valence-corrected chi connectivity index (χ1v) is 7.84. The number of nitrogens with one attached hydrogen (secondary N) is 2. The summed E-state index contributed by atoms with van der Waals surface area (Å²) in [5, 5.41) is 2.95. The van der Waals surface area contributed by atoms with Gasteiger partial charge in [-0.15, -0.1) is 0 Å². The molecular formula is C13H15FN4O2S. The molecule has 2 rings (SSSR count). The van der Waals surface area contributed by atoms with Crippen molar-refractivity contribution in [3.63, 3.8) is 0 Å². The topological polar surface area (TPSA) is 84.0 Å². The lowest BCUT2D eigenvalue weighted by Crippen LogP contribution is -2.14. The largest absolute Gasteiger partial charge is 0.354 e. The smallest absolute Gasteiger partial charge is 0.264 e. The van der Waals surface area contributed by atoms with Gasteiger partial charge in [0.05, 0.1) is 12.4 Å². The Morgan fingerprint density at radius 2 is 1.76 bits per heavy atom. The number of halogens is 1. The average Bonchev–Trinajstić information content (AvgIpc) is 2.48. The highest BCUT2D eigenvalue weighted by Gasteiger charge is 2.15. The SMILES string of the molecule is CCCNc1ncc(S(=O)(=O)Nc2ccc(F)cc2)cn1. The van der Waals surface area contributed by atoms with E-state index in [2.05, 4.69) is 20.0 Å². The van der Waals surface area contributed by atoms with Gasteiger partial charge in [0.25, 0.3) is 10.0 Å². The Labute approximate surface area is 122 Å². The lowest BCUT2D eigenvalue weighted by Gasteiger charge is -2.08. The first-order valence-electron chi connectivity index (χ1n) is 6.35. The molecule has 0 radical (unpaired) electrons. The normalized spacial score (nSPS) is 11.1. The summed E-state index contributed by atoms with van der Waals surface area (Å²) >= 11 is 0. The predicted molar refractivity (Wildman–Crippen MR) is 78.0 cm³/mol. The van der Waals surface area contributed by atoms with Crippen LogP contribution in [0.1, 0.15) is 13.3 Å².